The van der Waals surface area contributed by atoms with Crippen LogP contribution >= 0.6 is 11.8 Å². The molecule has 8 heteroatoms. The van der Waals surface area contributed by atoms with Crippen LogP contribution in [0.25, 0.3) is 27.7 Å². The van der Waals surface area contributed by atoms with E-state index in [1.54, 1.807) is 48.0 Å². The molecule has 5 aromatic rings. The van der Waals surface area contributed by atoms with Crippen LogP contribution in [0.4, 0.5) is 0 Å². The Morgan fingerprint density at radius 1 is 1.06 bits per heavy atom. The molecule has 0 amide bonds. The van der Waals surface area contributed by atoms with Crippen LogP contribution in [0.3, 0.4) is 0 Å². The zero-order valence-corrected chi connectivity index (χ0v) is 17.8. The van der Waals surface area contributed by atoms with Crippen LogP contribution in [0.5, 0.6) is 0 Å². The Bertz CT molecular complexity index is 1640. The van der Waals surface area contributed by atoms with Crippen molar-refractivity contribution in [3.05, 3.63) is 98.8 Å². The first-order chi connectivity index (χ1) is 15.5. The van der Waals surface area contributed by atoms with Gasteiger partial charge in [0.25, 0.3) is 5.56 Å². The summed E-state index contributed by atoms with van der Waals surface area (Å²) in [7, 11) is 1.67. The minimum Gasteiger partial charge on any atom is -0.408 e. The molecule has 2 aromatic heterocycles. The predicted octanol–water partition coefficient (Wildman–Crippen LogP) is 3.99. The van der Waals surface area contributed by atoms with E-state index in [-0.39, 0.29) is 5.56 Å². The molecule has 0 N–H and O–H groups in total. The zero-order chi connectivity index (χ0) is 22.2. The van der Waals surface area contributed by atoms with Gasteiger partial charge in [0, 0.05) is 12.8 Å². The smallest absolute Gasteiger partial charge is 0.408 e. The van der Waals surface area contributed by atoms with Crippen molar-refractivity contribution in [2.45, 2.75) is 10.9 Å². The summed E-state index contributed by atoms with van der Waals surface area (Å²) in [6.07, 6.45) is 0. The van der Waals surface area contributed by atoms with E-state index in [1.165, 1.54) is 16.3 Å². The third kappa shape index (κ3) is 3.39. The number of rotatable bonds is 4. The van der Waals surface area contributed by atoms with Crippen LogP contribution in [0.1, 0.15) is 11.1 Å². The molecule has 0 atom stereocenters. The summed E-state index contributed by atoms with van der Waals surface area (Å²) in [6, 6.07) is 21.7. The minimum atomic E-state index is -0.407. The van der Waals surface area contributed by atoms with Gasteiger partial charge < -0.3 is 4.42 Å². The maximum atomic E-state index is 13.3. The first-order valence-electron chi connectivity index (χ1n) is 9.79. The monoisotopic (exact) mass is 440 g/mol. The zero-order valence-electron chi connectivity index (χ0n) is 17.0. The molecule has 156 valence electrons. The van der Waals surface area contributed by atoms with Crippen molar-refractivity contribution in [1.82, 2.24) is 14.1 Å². The van der Waals surface area contributed by atoms with Crippen LogP contribution < -0.4 is 11.3 Å². The molecule has 32 heavy (non-hydrogen) atoms. The van der Waals surface area contributed by atoms with E-state index in [0.29, 0.717) is 44.2 Å². The topological polar surface area (TPSA) is 93.8 Å². The lowest BCUT2D eigenvalue weighted by Gasteiger charge is -2.13. The van der Waals surface area contributed by atoms with Gasteiger partial charge in [0.2, 0.25) is 0 Å². The van der Waals surface area contributed by atoms with E-state index in [2.05, 4.69) is 6.07 Å². The number of nitriles is 1. The van der Waals surface area contributed by atoms with Crippen LogP contribution in [0.2, 0.25) is 0 Å². The van der Waals surface area contributed by atoms with Crippen molar-refractivity contribution >= 4 is 33.8 Å². The Hall–Kier alpha value is -4.09. The lowest BCUT2D eigenvalue weighted by molar-refractivity contribution is 0.528. The summed E-state index contributed by atoms with van der Waals surface area (Å²) in [5.74, 6) is 0.131. The summed E-state index contributed by atoms with van der Waals surface area (Å²) in [5, 5.41) is 10.2. The molecule has 0 aliphatic rings. The maximum absolute atomic E-state index is 13.3. The SMILES string of the molecule is Cn1c(=O)oc2ccc(CSc3nc4ccccc4c(=O)n3-c3ccc(C#N)cc3)cc21. The van der Waals surface area contributed by atoms with Crippen molar-refractivity contribution in [2.75, 3.05) is 0 Å². The molecular formula is C24H16N4O3S. The van der Waals surface area contributed by atoms with Gasteiger partial charge in [0.05, 0.1) is 33.7 Å². The van der Waals surface area contributed by atoms with E-state index in [4.69, 9.17) is 14.7 Å². The Morgan fingerprint density at radius 2 is 1.84 bits per heavy atom. The highest BCUT2D eigenvalue weighted by molar-refractivity contribution is 7.98. The molecule has 0 saturated heterocycles. The number of fused-ring (bicyclic) bond motifs is 2. The summed E-state index contributed by atoms with van der Waals surface area (Å²) in [5.41, 5.74) is 3.82. The van der Waals surface area contributed by atoms with Gasteiger partial charge in [-0.05, 0) is 54.1 Å². The number of nitrogens with zero attached hydrogens (tertiary/aromatic N) is 4. The van der Waals surface area contributed by atoms with E-state index < -0.39 is 5.76 Å². The quantitative estimate of drug-likeness (QED) is 0.310. The summed E-state index contributed by atoms with van der Waals surface area (Å²) in [6.45, 7) is 0. The largest absolute Gasteiger partial charge is 0.419 e. The van der Waals surface area contributed by atoms with Gasteiger partial charge in [-0.1, -0.05) is 30.0 Å². The van der Waals surface area contributed by atoms with Gasteiger partial charge in [0.15, 0.2) is 10.7 Å². The number of para-hydroxylation sites is 1. The molecule has 7 nitrogen and oxygen atoms in total. The molecule has 0 unspecified atom stereocenters. The number of aromatic nitrogens is 3. The van der Waals surface area contributed by atoms with Gasteiger partial charge in [-0.3, -0.25) is 13.9 Å². The molecule has 2 heterocycles. The third-order valence-corrected chi connectivity index (χ3v) is 6.23. The van der Waals surface area contributed by atoms with E-state index >= 15 is 0 Å². The minimum absolute atomic E-state index is 0.171. The van der Waals surface area contributed by atoms with Crippen LogP contribution in [0.15, 0.2) is 85.9 Å². The fourth-order valence-corrected chi connectivity index (χ4v) is 4.49. The maximum Gasteiger partial charge on any atom is 0.419 e. The Morgan fingerprint density at radius 3 is 2.62 bits per heavy atom. The molecule has 0 aliphatic carbocycles. The Balaban J connectivity index is 1.59. The molecule has 3 aromatic carbocycles. The highest BCUT2D eigenvalue weighted by atomic mass is 32.2. The van der Waals surface area contributed by atoms with E-state index in [0.717, 1.165) is 5.56 Å². The molecule has 0 fully saturated rings. The second kappa shape index (κ2) is 7.87. The number of hydrogen-bond donors (Lipinski definition) is 0. The van der Waals surface area contributed by atoms with Gasteiger partial charge in [-0.25, -0.2) is 9.78 Å². The Kier molecular flexibility index (Phi) is 4.88. The molecule has 0 aliphatic heterocycles. The number of thioether (sulfide) groups is 1. The van der Waals surface area contributed by atoms with E-state index in [1.807, 2.05) is 30.3 Å². The fourth-order valence-electron chi connectivity index (χ4n) is 3.53. The van der Waals surface area contributed by atoms with Crippen molar-refractivity contribution < 1.29 is 4.42 Å². The lowest BCUT2D eigenvalue weighted by Crippen LogP contribution is -2.21. The van der Waals surface area contributed by atoms with E-state index in [9.17, 15) is 9.59 Å². The molecule has 0 bridgehead atoms. The van der Waals surface area contributed by atoms with Gasteiger partial charge in [-0.2, -0.15) is 5.26 Å². The first kappa shape index (κ1) is 19.8. The number of oxazole rings is 1. The molecular weight excluding hydrogens is 424 g/mol. The third-order valence-electron chi connectivity index (χ3n) is 5.22. The van der Waals surface area contributed by atoms with Crippen LogP contribution in [-0.2, 0) is 12.8 Å². The summed E-state index contributed by atoms with van der Waals surface area (Å²) in [4.78, 5) is 29.8. The normalized spacial score (nSPS) is 11.1. The molecule has 5 rings (SSSR count). The van der Waals surface area contributed by atoms with Gasteiger partial charge in [0.1, 0.15) is 0 Å². The molecule has 0 saturated carbocycles. The lowest BCUT2D eigenvalue weighted by atomic mass is 10.2. The Labute approximate surface area is 186 Å². The van der Waals surface area contributed by atoms with Crippen LogP contribution in [0, 0.1) is 11.3 Å². The van der Waals surface area contributed by atoms with Crippen molar-refractivity contribution in [2.24, 2.45) is 7.05 Å². The first-order valence-corrected chi connectivity index (χ1v) is 10.8. The van der Waals surface area contributed by atoms with Gasteiger partial charge >= 0.3 is 5.76 Å². The average Bonchev–Trinajstić information content (AvgIpc) is 3.11. The fraction of sp³-hybridized carbons (Fsp3) is 0.0833. The predicted molar refractivity (Wildman–Crippen MR) is 123 cm³/mol. The van der Waals surface area contributed by atoms with Crippen LogP contribution in [-0.4, -0.2) is 14.1 Å². The number of hydrogen-bond acceptors (Lipinski definition) is 6. The standard InChI is InChI=1S/C24H16N4O3S/c1-27-20-12-16(8-11-21(20)31-24(27)30)14-32-23-26-19-5-3-2-4-18(19)22(29)28(23)17-9-6-15(13-25)7-10-17/h2-12H,14H2,1H3. The second-order valence-electron chi connectivity index (χ2n) is 7.23. The average molecular weight is 440 g/mol. The van der Waals surface area contributed by atoms with Crippen molar-refractivity contribution in [1.29, 1.82) is 5.26 Å². The van der Waals surface area contributed by atoms with Crippen molar-refractivity contribution in [3.63, 3.8) is 0 Å². The second-order valence-corrected chi connectivity index (χ2v) is 8.17. The molecule has 0 spiro atoms. The molecule has 0 radical (unpaired) electrons. The van der Waals surface area contributed by atoms with Crippen molar-refractivity contribution in [3.8, 4) is 11.8 Å². The number of aryl methyl sites for hydroxylation is 1. The highest BCUT2D eigenvalue weighted by Gasteiger charge is 2.14. The number of benzene rings is 3. The van der Waals surface area contributed by atoms with Gasteiger partial charge in [-0.15, -0.1) is 0 Å². The summed E-state index contributed by atoms with van der Waals surface area (Å²) >= 11 is 1.42. The highest BCUT2D eigenvalue weighted by Crippen LogP contribution is 2.26. The summed E-state index contributed by atoms with van der Waals surface area (Å²) < 4.78 is 8.23.